The molecule has 0 aliphatic heterocycles. The Kier molecular flexibility index (Phi) is 7.83. The van der Waals surface area contributed by atoms with Crippen molar-refractivity contribution in [2.24, 2.45) is 0 Å². The monoisotopic (exact) mass is 444 g/mol. The summed E-state index contributed by atoms with van der Waals surface area (Å²) in [5, 5.41) is 2.74. The zero-order valence-corrected chi connectivity index (χ0v) is 16.7. The van der Waals surface area contributed by atoms with Crippen LogP contribution >= 0.6 is 15.9 Å². The Labute approximate surface area is 161 Å². The minimum Gasteiger partial charge on any atom is -0.468 e. The Bertz CT molecular complexity index is 791. The average molecular weight is 445 g/mol. The highest BCUT2D eigenvalue weighted by Gasteiger charge is 2.25. The Hall–Kier alpha value is -1.68. The number of methoxy groups -OCH3 is 1. The maximum absolute atomic E-state index is 12.6. The third kappa shape index (κ3) is 6.24. The van der Waals surface area contributed by atoms with E-state index in [4.69, 9.17) is 9.15 Å². The molecule has 0 saturated heterocycles. The van der Waals surface area contributed by atoms with Crippen molar-refractivity contribution in [1.29, 1.82) is 0 Å². The summed E-state index contributed by atoms with van der Waals surface area (Å²) < 4.78 is 38.8. The maximum atomic E-state index is 12.6. The lowest BCUT2D eigenvalue weighted by Crippen LogP contribution is -2.34. The predicted octanol–water partition coefficient (Wildman–Crippen LogP) is 2.60. The smallest absolute Gasteiger partial charge is 0.241 e. The summed E-state index contributed by atoms with van der Waals surface area (Å²) in [7, 11) is -2.22. The van der Waals surface area contributed by atoms with Gasteiger partial charge in [0.05, 0.1) is 23.6 Å². The summed E-state index contributed by atoms with van der Waals surface area (Å²) in [6.07, 6.45) is 2.04. The van der Waals surface area contributed by atoms with Gasteiger partial charge in [0.25, 0.3) is 0 Å². The van der Waals surface area contributed by atoms with Crippen molar-refractivity contribution in [3.05, 3.63) is 52.9 Å². The summed E-state index contributed by atoms with van der Waals surface area (Å²) in [6, 6.07) is 8.71. The van der Waals surface area contributed by atoms with Crippen LogP contribution in [0.3, 0.4) is 0 Å². The number of ether oxygens (including phenoxy) is 1. The van der Waals surface area contributed by atoms with Gasteiger partial charge in [0.15, 0.2) is 0 Å². The molecule has 0 spiro atoms. The van der Waals surface area contributed by atoms with E-state index in [2.05, 4.69) is 26.0 Å². The number of carbonyl (C=O) groups excluding carboxylic acids is 1. The van der Waals surface area contributed by atoms with E-state index in [9.17, 15) is 13.2 Å². The highest BCUT2D eigenvalue weighted by molar-refractivity contribution is 9.10. The molecule has 0 bridgehead atoms. The lowest BCUT2D eigenvalue weighted by atomic mass is 10.1. The van der Waals surface area contributed by atoms with E-state index >= 15 is 0 Å². The summed E-state index contributed by atoms with van der Waals surface area (Å²) in [5.41, 5.74) is 0. The minimum atomic E-state index is -3.81. The van der Waals surface area contributed by atoms with Crippen LogP contribution in [-0.2, 0) is 19.6 Å². The molecular formula is C17H21BrN2O5S. The standard InChI is InChI=1S/C17H21BrN2O5S/c1-24-10-3-9-19-17(21)12-15(16-4-2-11-25-16)20-26(22,23)14-7-5-13(18)6-8-14/h2,4-8,11,15,20H,3,9-10,12H2,1H3,(H,19,21)/t15-/m0/s1. The largest absolute Gasteiger partial charge is 0.468 e. The molecule has 1 heterocycles. The van der Waals surface area contributed by atoms with Gasteiger partial charge in [-0.2, -0.15) is 4.72 Å². The second-order valence-electron chi connectivity index (χ2n) is 5.54. The first-order chi connectivity index (χ1) is 12.4. The van der Waals surface area contributed by atoms with Gasteiger partial charge in [-0.3, -0.25) is 4.79 Å². The van der Waals surface area contributed by atoms with Gasteiger partial charge in [0.2, 0.25) is 15.9 Å². The van der Waals surface area contributed by atoms with Crippen LogP contribution in [0.1, 0.15) is 24.6 Å². The normalized spacial score (nSPS) is 12.7. The van der Waals surface area contributed by atoms with Gasteiger partial charge in [-0.1, -0.05) is 15.9 Å². The molecule has 1 atom stereocenters. The van der Waals surface area contributed by atoms with E-state index in [0.29, 0.717) is 25.3 Å². The lowest BCUT2D eigenvalue weighted by Gasteiger charge is -2.17. The number of hydrogen-bond donors (Lipinski definition) is 2. The number of benzene rings is 1. The van der Waals surface area contributed by atoms with Gasteiger partial charge >= 0.3 is 0 Å². The first-order valence-corrected chi connectivity index (χ1v) is 10.3. The fourth-order valence-electron chi connectivity index (χ4n) is 2.26. The van der Waals surface area contributed by atoms with Gasteiger partial charge in [0.1, 0.15) is 5.76 Å². The molecule has 0 fully saturated rings. The maximum Gasteiger partial charge on any atom is 0.241 e. The number of carbonyl (C=O) groups is 1. The molecule has 0 saturated carbocycles. The number of amides is 1. The van der Waals surface area contributed by atoms with E-state index in [1.54, 1.807) is 31.4 Å². The highest BCUT2D eigenvalue weighted by atomic mass is 79.9. The molecular weight excluding hydrogens is 424 g/mol. The Balaban J connectivity index is 2.08. The molecule has 2 rings (SSSR count). The third-order valence-corrected chi connectivity index (χ3v) is 5.56. The zero-order chi connectivity index (χ0) is 19.0. The van der Waals surface area contributed by atoms with E-state index < -0.39 is 16.1 Å². The van der Waals surface area contributed by atoms with Crippen LogP contribution < -0.4 is 10.0 Å². The van der Waals surface area contributed by atoms with Crippen molar-refractivity contribution >= 4 is 31.9 Å². The molecule has 1 aromatic carbocycles. The van der Waals surface area contributed by atoms with Crippen molar-refractivity contribution in [2.45, 2.75) is 23.8 Å². The topological polar surface area (TPSA) is 97.6 Å². The van der Waals surface area contributed by atoms with Crippen molar-refractivity contribution < 1.29 is 22.4 Å². The molecule has 1 aromatic heterocycles. The molecule has 0 aliphatic rings. The molecule has 1 amide bonds. The van der Waals surface area contributed by atoms with E-state index in [1.807, 2.05) is 0 Å². The third-order valence-electron chi connectivity index (χ3n) is 3.54. The van der Waals surface area contributed by atoms with Crippen LogP contribution in [-0.4, -0.2) is 34.6 Å². The molecule has 7 nitrogen and oxygen atoms in total. The van der Waals surface area contributed by atoms with Crippen molar-refractivity contribution in [2.75, 3.05) is 20.3 Å². The van der Waals surface area contributed by atoms with Crippen LogP contribution in [0.4, 0.5) is 0 Å². The number of hydrogen-bond acceptors (Lipinski definition) is 5. The van der Waals surface area contributed by atoms with Gasteiger partial charge in [-0.25, -0.2) is 8.42 Å². The van der Waals surface area contributed by atoms with Gasteiger partial charge in [-0.15, -0.1) is 0 Å². The first kappa shape index (κ1) is 20.6. The molecule has 142 valence electrons. The fourth-order valence-corrected chi connectivity index (χ4v) is 3.73. The van der Waals surface area contributed by atoms with Crippen molar-refractivity contribution in [3.63, 3.8) is 0 Å². The predicted molar refractivity (Wildman–Crippen MR) is 100 cm³/mol. The van der Waals surface area contributed by atoms with Crippen LogP contribution in [0.5, 0.6) is 0 Å². The number of nitrogens with one attached hydrogen (secondary N) is 2. The number of sulfonamides is 1. The molecule has 2 N–H and O–H groups in total. The molecule has 9 heteroatoms. The SMILES string of the molecule is COCCCNC(=O)C[C@H](NS(=O)(=O)c1ccc(Br)cc1)c1ccco1. The Morgan fingerprint density at radius 3 is 2.62 bits per heavy atom. The van der Waals surface area contributed by atoms with E-state index in [0.717, 1.165) is 4.47 Å². The Morgan fingerprint density at radius 1 is 1.27 bits per heavy atom. The summed E-state index contributed by atoms with van der Waals surface area (Å²) in [6.45, 7) is 0.995. The van der Waals surface area contributed by atoms with Crippen LogP contribution in [0.2, 0.25) is 0 Å². The number of rotatable bonds is 10. The van der Waals surface area contributed by atoms with Crippen molar-refractivity contribution in [1.82, 2.24) is 10.0 Å². The van der Waals surface area contributed by atoms with Crippen LogP contribution in [0.25, 0.3) is 0 Å². The summed E-state index contributed by atoms with van der Waals surface area (Å²) in [5.74, 6) is 0.0961. The number of furan rings is 1. The minimum absolute atomic E-state index is 0.0732. The second kappa shape index (κ2) is 9.86. The van der Waals surface area contributed by atoms with E-state index in [-0.39, 0.29) is 17.2 Å². The summed E-state index contributed by atoms with van der Waals surface area (Å²) in [4.78, 5) is 12.3. The highest BCUT2D eigenvalue weighted by Crippen LogP contribution is 2.22. The molecule has 2 aromatic rings. The first-order valence-electron chi connectivity index (χ1n) is 7.99. The molecule has 0 radical (unpaired) electrons. The number of halogens is 1. The zero-order valence-electron chi connectivity index (χ0n) is 14.3. The van der Waals surface area contributed by atoms with Crippen molar-refractivity contribution in [3.8, 4) is 0 Å². The second-order valence-corrected chi connectivity index (χ2v) is 8.17. The quantitative estimate of drug-likeness (QED) is 0.548. The lowest BCUT2D eigenvalue weighted by molar-refractivity contribution is -0.121. The average Bonchev–Trinajstić information content (AvgIpc) is 3.13. The molecule has 26 heavy (non-hydrogen) atoms. The van der Waals surface area contributed by atoms with Gasteiger partial charge < -0.3 is 14.5 Å². The Morgan fingerprint density at radius 2 is 2.00 bits per heavy atom. The summed E-state index contributed by atoms with van der Waals surface area (Å²) >= 11 is 3.27. The fraction of sp³-hybridized carbons (Fsp3) is 0.353. The van der Waals surface area contributed by atoms with Gasteiger partial charge in [-0.05, 0) is 42.8 Å². The van der Waals surface area contributed by atoms with Gasteiger partial charge in [0, 0.05) is 24.7 Å². The molecule has 0 unspecified atom stereocenters. The van der Waals surface area contributed by atoms with Crippen LogP contribution in [0, 0.1) is 0 Å². The van der Waals surface area contributed by atoms with Crippen LogP contribution in [0.15, 0.2) is 56.4 Å². The molecule has 0 aliphatic carbocycles. The van der Waals surface area contributed by atoms with E-state index in [1.165, 1.54) is 18.4 Å².